The van der Waals surface area contributed by atoms with Gasteiger partial charge in [-0.1, -0.05) is 6.58 Å². The fourth-order valence-electron chi connectivity index (χ4n) is 2.86. The summed E-state index contributed by atoms with van der Waals surface area (Å²) in [6.07, 6.45) is 3.56. The summed E-state index contributed by atoms with van der Waals surface area (Å²) in [6.45, 7) is 6.34. The molecule has 0 radical (unpaired) electrons. The van der Waals surface area contributed by atoms with Crippen molar-refractivity contribution in [3.05, 3.63) is 42.5 Å². The topological polar surface area (TPSA) is 52.7 Å². The molecule has 0 spiro atoms. The SMILES string of the molecule is C=CC(=O)N(C)c1ccc(C(=O)NC[C@H]2CC[C@@H](C)N2C)cc1. The molecule has 1 aliphatic heterocycles. The van der Waals surface area contributed by atoms with Gasteiger partial charge in [-0.05, 0) is 57.2 Å². The molecule has 1 heterocycles. The monoisotopic (exact) mass is 315 g/mol. The van der Waals surface area contributed by atoms with E-state index in [4.69, 9.17) is 0 Å². The molecule has 5 heteroatoms. The van der Waals surface area contributed by atoms with Gasteiger partial charge in [-0.25, -0.2) is 0 Å². The van der Waals surface area contributed by atoms with Gasteiger partial charge in [-0.3, -0.25) is 14.5 Å². The van der Waals surface area contributed by atoms with E-state index in [1.54, 1.807) is 31.3 Å². The van der Waals surface area contributed by atoms with Crippen molar-refractivity contribution in [2.75, 3.05) is 25.5 Å². The van der Waals surface area contributed by atoms with Crippen LogP contribution in [0.15, 0.2) is 36.9 Å². The summed E-state index contributed by atoms with van der Waals surface area (Å²) in [6, 6.07) is 7.98. The lowest BCUT2D eigenvalue weighted by Crippen LogP contribution is -2.40. The van der Waals surface area contributed by atoms with Crippen LogP contribution >= 0.6 is 0 Å². The van der Waals surface area contributed by atoms with Gasteiger partial charge in [-0.15, -0.1) is 0 Å². The number of nitrogens with zero attached hydrogens (tertiary/aromatic N) is 2. The first-order valence-electron chi connectivity index (χ1n) is 7.94. The van der Waals surface area contributed by atoms with Gasteiger partial charge in [0.25, 0.3) is 5.91 Å². The minimum Gasteiger partial charge on any atom is -0.350 e. The van der Waals surface area contributed by atoms with Crippen LogP contribution < -0.4 is 10.2 Å². The number of benzene rings is 1. The average molecular weight is 315 g/mol. The van der Waals surface area contributed by atoms with E-state index < -0.39 is 0 Å². The minimum absolute atomic E-state index is 0.0813. The van der Waals surface area contributed by atoms with E-state index in [1.807, 2.05) is 0 Å². The van der Waals surface area contributed by atoms with Crippen LogP contribution in [0, 0.1) is 0 Å². The van der Waals surface area contributed by atoms with Crippen molar-refractivity contribution in [3.63, 3.8) is 0 Å². The predicted octanol–water partition coefficient (Wildman–Crippen LogP) is 2.05. The van der Waals surface area contributed by atoms with E-state index in [2.05, 4.69) is 30.8 Å². The van der Waals surface area contributed by atoms with Gasteiger partial charge >= 0.3 is 0 Å². The molecule has 1 saturated heterocycles. The van der Waals surface area contributed by atoms with Crippen molar-refractivity contribution in [3.8, 4) is 0 Å². The Morgan fingerprint density at radius 3 is 2.52 bits per heavy atom. The third kappa shape index (κ3) is 3.99. The molecule has 0 saturated carbocycles. The van der Waals surface area contributed by atoms with Crippen LogP contribution in [0.2, 0.25) is 0 Å². The first-order valence-corrected chi connectivity index (χ1v) is 7.94. The predicted molar refractivity (Wildman–Crippen MR) is 92.6 cm³/mol. The van der Waals surface area contributed by atoms with Crippen LogP contribution in [-0.2, 0) is 4.79 Å². The number of hydrogen-bond acceptors (Lipinski definition) is 3. The molecule has 2 rings (SSSR count). The second kappa shape index (κ2) is 7.42. The lowest BCUT2D eigenvalue weighted by molar-refractivity contribution is -0.113. The molecule has 2 amide bonds. The molecule has 124 valence electrons. The number of likely N-dealkylation sites (N-methyl/N-ethyl adjacent to an activating group) is 2. The zero-order valence-electron chi connectivity index (χ0n) is 14.1. The van der Waals surface area contributed by atoms with Crippen molar-refractivity contribution < 1.29 is 9.59 Å². The Labute approximate surface area is 138 Å². The van der Waals surface area contributed by atoms with Crippen molar-refractivity contribution in [2.24, 2.45) is 0 Å². The highest BCUT2D eigenvalue weighted by Gasteiger charge is 2.27. The summed E-state index contributed by atoms with van der Waals surface area (Å²) >= 11 is 0. The molecule has 0 unspecified atom stereocenters. The summed E-state index contributed by atoms with van der Waals surface area (Å²) in [4.78, 5) is 27.6. The maximum atomic E-state index is 12.2. The van der Waals surface area contributed by atoms with Crippen molar-refractivity contribution in [1.82, 2.24) is 10.2 Å². The van der Waals surface area contributed by atoms with Gasteiger partial charge in [-0.2, -0.15) is 0 Å². The summed E-state index contributed by atoms with van der Waals surface area (Å²) < 4.78 is 0. The number of amides is 2. The Morgan fingerprint density at radius 2 is 2.00 bits per heavy atom. The van der Waals surface area contributed by atoms with E-state index in [-0.39, 0.29) is 11.8 Å². The fourth-order valence-corrected chi connectivity index (χ4v) is 2.86. The molecule has 5 nitrogen and oxygen atoms in total. The Balaban J connectivity index is 1.93. The zero-order chi connectivity index (χ0) is 17.0. The summed E-state index contributed by atoms with van der Waals surface area (Å²) in [7, 11) is 3.78. The molecule has 0 aromatic heterocycles. The van der Waals surface area contributed by atoms with Crippen molar-refractivity contribution in [2.45, 2.75) is 31.8 Å². The van der Waals surface area contributed by atoms with E-state index >= 15 is 0 Å². The number of rotatable bonds is 5. The smallest absolute Gasteiger partial charge is 0.251 e. The largest absolute Gasteiger partial charge is 0.350 e. The average Bonchev–Trinajstić information content (AvgIpc) is 2.90. The number of nitrogens with one attached hydrogen (secondary N) is 1. The molecule has 1 aromatic rings. The van der Waals surface area contributed by atoms with Crippen LogP contribution in [0.5, 0.6) is 0 Å². The number of carbonyl (C=O) groups is 2. The third-order valence-corrected chi connectivity index (χ3v) is 4.71. The van der Waals surface area contributed by atoms with Gasteiger partial charge in [0.2, 0.25) is 5.91 Å². The normalized spacial score (nSPS) is 21.0. The number of likely N-dealkylation sites (tertiary alicyclic amines) is 1. The quantitative estimate of drug-likeness (QED) is 0.846. The van der Waals surface area contributed by atoms with E-state index in [1.165, 1.54) is 17.4 Å². The standard InChI is InChI=1S/C18H25N3O2/c1-5-17(22)21(4)15-10-7-14(8-11-15)18(23)19-12-16-9-6-13(2)20(16)3/h5,7-8,10-11,13,16H,1,6,9,12H2,2-4H3,(H,19,23)/t13-,16-/m1/s1. The van der Waals surface area contributed by atoms with Crippen LogP contribution in [0.3, 0.4) is 0 Å². The summed E-state index contributed by atoms with van der Waals surface area (Å²) in [5, 5.41) is 3.00. The second-order valence-electron chi connectivity index (χ2n) is 6.10. The molecule has 1 N–H and O–H groups in total. The molecule has 23 heavy (non-hydrogen) atoms. The second-order valence-corrected chi connectivity index (χ2v) is 6.10. The third-order valence-electron chi connectivity index (χ3n) is 4.71. The molecule has 0 aliphatic carbocycles. The maximum Gasteiger partial charge on any atom is 0.251 e. The molecular formula is C18H25N3O2. The van der Waals surface area contributed by atoms with Crippen LogP contribution in [0.1, 0.15) is 30.1 Å². The van der Waals surface area contributed by atoms with Gasteiger partial charge in [0, 0.05) is 36.9 Å². The van der Waals surface area contributed by atoms with Crippen LogP contribution in [-0.4, -0.2) is 49.4 Å². The van der Waals surface area contributed by atoms with Gasteiger partial charge in [0.15, 0.2) is 0 Å². The Bertz CT molecular complexity index is 582. The highest BCUT2D eigenvalue weighted by molar-refractivity contribution is 6.01. The van der Waals surface area contributed by atoms with Gasteiger partial charge in [0.1, 0.15) is 0 Å². The molecule has 1 fully saturated rings. The molecule has 1 aliphatic rings. The lowest BCUT2D eigenvalue weighted by atomic mass is 10.1. The Kier molecular flexibility index (Phi) is 5.55. The molecule has 2 atom stereocenters. The number of hydrogen-bond donors (Lipinski definition) is 1. The Hall–Kier alpha value is -2.14. The van der Waals surface area contributed by atoms with E-state index in [0.29, 0.717) is 24.2 Å². The number of carbonyl (C=O) groups excluding carboxylic acids is 2. The van der Waals surface area contributed by atoms with Crippen molar-refractivity contribution in [1.29, 1.82) is 0 Å². The van der Waals surface area contributed by atoms with E-state index in [0.717, 1.165) is 12.1 Å². The fraction of sp³-hybridized carbons (Fsp3) is 0.444. The maximum absolute atomic E-state index is 12.2. The summed E-state index contributed by atoms with van der Waals surface area (Å²) in [5.41, 5.74) is 1.33. The minimum atomic E-state index is -0.180. The van der Waals surface area contributed by atoms with Gasteiger partial charge < -0.3 is 10.2 Å². The van der Waals surface area contributed by atoms with Crippen LogP contribution in [0.25, 0.3) is 0 Å². The van der Waals surface area contributed by atoms with Gasteiger partial charge in [0.05, 0.1) is 0 Å². The lowest BCUT2D eigenvalue weighted by Gasteiger charge is -2.23. The highest BCUT2D eigenvalue weighted by atomic mass is 16.2. The van der Waals surface area contributed by atoms with Crippen molar-refractivity contribution >= 4 is 17.5 Å². The van der Waals surface area contributed by atoms with E-state index in [9.17, 15) is 9.59 Å². The Morgan fingerprint density at radius 1 is 1.35 bits per heavy atom. The zero-order valence-corrected chi connectivity index (χ0v) is 14.1. The summed E-state index contributed by atoms with van der Waals surface area (Å²) in [5.74, 6) is -0.261. The van der Waals surface area contributed by atoms with Crippen LogP contribution in [0.4, 0.5) is 5.69 Å². The molecule has 1 aromatic carbocycles. The first kappa shape index (κ1) is 17.2. The first-order chi connectivity index (χ1) is 10.9. The molecular weight excluding hydrogens is 290 g/mol. The highest BCUT2D eigenvalue weighted by Crippen LogP contribution is 2.21. The number of anilines is 1. The molecule has 0 bridgehead atoms.